The van der Waals surface area contributed by atoms with Gasteiger partial charge in [0, 0.05) is 0 Å². The average molecular weight is 361 g/mol. The normalized spacial score (nSPS) is 7.58. The van der Waals surface area contributed by atoms with Crippen LogP contribution in [0.5, 0.6) is 0 Å². The van der Waals surface area contributed by atoms with Gasteiger partial charge in [-0.2, -0.15) is 0 Å². The fourth-order valence-electron chi connectivity index (χ4n) is 2.01. The van der Waals surface area contributed by atoms with Crippen LogP contribution in [0.15, 0.2) is 42.5 Å². The number of hydrogen-bond acceptors (Lipinski definition) is 0. The first-order valence-electron chi connectivity index (χ1n) is 10.5. The number of benzene rings is 2. The second-order valence-electron chi connectivity index (χ2n) is 5.53. The first-order valence-corrected chi connectivity index (χ1v) is 10.5. The molecule has 0 aliphatic heterocycles. The number of hydrogen-bond donors (Lipinski definition) is 0. The van der Waals surface area contributed by atoms with E-state index < -0.39 is 0 Å². The molecule has 2 rings (SSSR count). The van der Waals surface area contributed by atoms with Gasteiger partial charge in [-0.1, -0.05) is 132 Å². The van der Waals surface area contributed by atoms with Crippen molar-refractivity contribution in [1.29, 1.82) is 0 Å². The highest BCUT2D eigenvalue weighted by Crippen LogP contribution is 2.06. The lowest BCUT2D eigenvalue weighted by Crippen LogP contribution is -1.78. The molecular weight excluding hydrogens is 312 g/mol. The van der Waals surface area contributed by atoms with Crippen LogP contribution in [0.2, 0.25) is 0 Å². The molecule has 0 amide bonds. The molecule has 152 valence electrons. The van der Waals surface area contributed by atoms with E-state index >= 15 is 0 Å². The summed E-state index contributed by atoms with van der Waals surface area (Å²) in [6.07, 6.45) is 1.25. The second-order valence-corrected chi connectivity index (χ2v) is 5.53. The number of rotatable bonds is 0. The molecule has 0 N–H and O–H groups in total. The van der Waals surface area contributed by atoms with Crippen LogP contribution in [0.4, 0.5) is 0 Å². The van der Waals surface area contributed by atoms with Crippen molar-refractivity contribution < 1.29 is 0 Å². The molecule has 0 saturated carbocycles. The fraction of sp³-hybridized carbons (Fsp3) is 0.538. The largest absolute Gasteiger partial charge is 0.0683 e. The van der Waals surface area contributed by atoms with E-state index in [9.17, 15) is 0 Å². The Morgan fingerprint density at radius 1 is 0.462 bits per heavy atom. The highest BCUT2D eigenvalue weighted by molar-refractivity contribution is 5.27. The summed E-state index contributed by atoms with van der Waals surface area (Å²) in [5.41, 5.74) is 6.74. The fourth-order valence-corrected chi connectivity index (χ4v) is 2.01. The Labute approximate surface area is 167 Å². The van der Waals surface area contributed by atoms with Gasteiger partial charge < -0.3 is 0 Å². The van der Waals surface area contributed by atoms with Gasteiger partial charge in [-0.3, -0.25) is 0 Å². The summed E-state index contributed by atoms with van der Waals surface area (Å²) in [4.78, 5) is 0. The summed E-state index contributed by atoms with van der Waals surface area (Å²) in [7, 11) is 0. The van der Waals surface area contributed by atoms with Gasteiger partial charge in [0.25, 0.3) is 0 Å². The molecule has 0 nitrogen and oxygen atoms in total. The van der Waals surface area contributed by atoms with Crippen molar-refractivity contribution >= 4 is 0 Å². The van der Waals surface area contributed by atoms with Crippen LogP contribution >= 0.6 is 0 Å². The maximum absolute atomic E-state index is 2.19. The van der Waals surface area contributed by atoms with Crippen molar-refractivity contribution in [3.8, 4) is 0 Å². The van der Waals surface area contributed by atoms with Gasteiger partial charge in [-0.25, -0.2) is 0 Å². The van der Waals surface area contributed by atoms with Crippen LogP contribution in [0.1, 0.15) is 89.6 Å². The Hall–Kier alpha value is -1.56. The maximum Gasteiger partial charge on any atom is -0.0398 e. The van der Waals surface area contributed by atoms with Gasteiger partial charge in [0.05, 0.1) is 0 Å². The highest BCUT2D eigenvalue weighted by atomic mass is 13.9. The standard InChI is InChI=1S/C9H12.C8H10.C3H8.3C2H6/c1-7-4-8(2)6-9(3)5-7;1-7-4-3-5-8(2)6-7;1-3-2;3*1-2/h4-6H,1-3H3;3-6H,1-2H3;3H2,1-2H3;3*1-2H3. The molecule has 2 aromatic carbocycles. The lowest BCUT2D eigenvalue weighted by atomic mass is 10.1. The summed E-state index contributed by atoms with van der Waals surface area (Å²) < 4.78 is 0. The third-order valence-corrected chi connectivity index (χ3v) is 2.54. The SMILES string of the molecule is CC.CC.CC.CCC.Cc1cc(C)cc(C)c1.Cc1cccc(C)c1. The minimum absolute atomic E-state index is 1.25. The van der Waals surface area contributed by atoms with Crippen LogP contribution < -0.4 is 0 Å². The third kappa shape index (κ3) is 24.7. The Balaban J connectivity index is -0.000000130. The van der Waals surface area contributed by atoms with E-state index in [1.54, 1.807) is 0 Å². The third-order valence-electron chi connectivity index (χ3n) is 2.54. The van der Waals surface area contributed by atoms with E-state index in [1.165, 1.54) is 34.2 Å². The first-order chi connectivity index (χ1) is 12.4. The molecule has 0 aliphatic rings. The molecule has 0 unspecified atom stereocenters. The van der Waals surface area contributed by atoms with E-state index in [0.717, 1.165) is 0 Å². The maximum atomic E-state index is 2.19. The van der Waals surface area contributed by atoms with Crippen molar-refractivity contribution in [1.82, 2.24) is 0 Å². The summed E-state index contributed by atoms with van der Waals surface area (Å²) in [5, 5.41) is 0. The minimum Gasteiger partial charge on any atom is -0.0683 e. The summed E-state index contributed by atoms with van der Waals surface area (Å²) in [6, 6.07) is 15.0. The summed E-state index contributed by atoms with van der Waals surface area (Å²) in [6.45, 7) is 26.8. The van der Waals surface area contributed by atoms with Gasteiger partial charge in [0.2, 0.25) is 0 Å². The molecule has 0 saturated heterocycles. The van der Waals surface area contributed by atoms with Crippen LogP contribution in [-0.4, -0.2) is 0 Å². The van der Waals surface area contributed by atoms with Crippen molar-refractivity contribution in [3.63, 3.8) is 0 Å². The Bertz CT molecular complexity index is 427. The first kappa shape index (κ1) is 32.1. The molecule has 0 atom stereocenters. The van der Waals surface area contributed by atoms with E-state index in [-0.39, 0.29) is 0 Å². The van der Waals surface area contributed by atoms with Crippen LogP contribution in [0, 0.1) is 34.6 Å². The Kier molecular flexibility index (Phi) is 31.7. The van der Waals surface area contributed by atoms with Crippen LogP contribution in [-0.2, 0) is 0 Å². The topological polar surface area (TPSA) is 0 Å². The zero-order valence-electron chi connectivity index (χ0n) is 20.2. The molecule has 0 aromatic heterocycles. The zero-order valence-corrected chi connectivity index (χ0v) is 20.2. The molecule has 0 bridgehead atoms. The molecule has 0 spiro atoms. The molecule has 0 aliphatic carbocycles. The average Bonchev–Trinajstić information content (AvgIpc) is 2.60. The van der Waals surface area contributed by atoms with Gasteiger partial charge in [-0.05, 0) is 34.6 Å². The lowest BCUT2D eigenvalue weighted by Gasteiger charge is -1.96. The van der Waals surface area contributed by atoms with Crippen molar-refractivity contribution in [2.24, 2.45) is 0 Å². The molecule has 0 radical (unpaired) electrons. The van der Waals surface area contributed by atoms with Gasteiger partial charge >= 0.3 is 0 Å². The smallest absolute Gasteiger partial charge is 0.0398 e. The van der Waals surface area contributed by atoms with Gasteiger partial charge in [0.15, 0.2) is 0 Å². The molecule has 0 fully saturated rings. The van der Waals surface area contributed by atoms with E-state index in [2.05, 4.69) is 90.9 Å². The van der Waals surface area contributed by atoms with Gasteiger partial charge in [-0.15, -0.1) is 0 Å². The van der Waals surface area contributed by atoms with E-state index in [0.29, 0.717) is 0 Å². The predicted octanol–water partition coefficient (Wildman–Crippen LogP) is 9.41. The quantitative estimate of drug-likeness (QED) is 0.439. The molecule has 2 aromatic rings. The summed E-state index contributed by atoms with van der Waals surface area (Å²) in [5.74, 6) is 0. The van der Waals surface area contributed by atoms with Crippen LogP contribution in [0.3, 0.4) is 0 Å². The molecule has 26 heavy (non-hydrogen) atoms. The number of aryl methyl sites for hydroxylation is 5. The van der Waals surface area contributed by atoms with Crippen molar-refractivity contribution in [2.75, 3.05) is 0 Å². The predicted molar refractivity (Wildman–Crippen MR) is 127 cm³/mol. The lowest BCUT2D eigenvalue weighted by molar-refractivity contribution is 1.09. The summed E-state index contributed by atoms with van der Waals surface area (Å²) >= 11 is 0. The van der Waals surface area contributed by atoms with E-state index in [4.69, 9.17) is 0 Å². The molecular formula is C26H48. The van der Waals surface area contributed by atoms with Crippen molar-refractivity contribution in [2.45, 2.75) is 96.4 Å². The Morgan fingerprint density at radius 2 is 0.654 bits per heavy atom. The molecule has 0 heteroatoms. The minimum atomic E-state index is 1.25. The second kappa shape index (κ2) is 25.7. The van der Waals surface area contributed by atoms with Crippen molar-refractivity contribution in [3.05, 3.63) is 70.3 Å². The zero-order chi connectivity index (χ0) is 21.5. The molecule has 0 heterocycles. The van der Waals surface area contributed by atoms with Gasteiger partial charge in [0.1, 0.15) is 0 Å². The highest BCUT2D eigenvalue weighted by Gasteiger charge is 1.87. The monoisotopic (exact) mass is 360 g/mol. The van der Waals surface area contributed by atoms with E-state index in [1.807, 2.05) is 41.5 Å². The van der Waals surface area contributed by atoms with Crippen LogP contribution in [0.25, 0.3) is 0 Å². The Morgan fingerprint density at radius 3 is 0.808 bits per heavy atom.